The minimum absolute atomic E-state index is 0.453. The lowest BCUT2D eigenvalue weighted by atomic mass is 10.2. The molecule has 1 saturated heterocycles. The summed E-state index contributed by atoms with van der Waals surface area (Å²) < 4.78 is 8.78. The maximum atomic E-state index is 5.97. The van der Waals surface area contributed by atoms with Crippen molar-refractivity contribution in [1.82, 2.24) is 9.47 Å². The van der Waals surface area contributed by atoms with Crippen molar-refractivity contribution >= 4 is 16.6 Å². The quantitative estimate of drug-likeness (QED) is 0.723. The Morgan fingerprint density at radius 1 is 0.950 bits per heavy atom. The second-order valence-corrected chi connectivity index (χ2v) is 17.6. The number of rotatable bonds is 5. The minimum atomic E-state index is -1.48. The zero-order chi connectivity index (χ0) is 15.6. The monoisotopic (exact) mass is 316 g/mol. The second kappa shape index (κ2) is 6.61. The van der Waals surface area contributed by atoms with E-state index in [1.54, 1.807) is 0 Å². The Balaban J connectivity index is 2.52. The first-order valence-electron chi connectivity index (χ1n) is 8.11. The highest BCUT2D eigenvalue weighted by Gasteiger charge is 2.42. The Kier molecular flexibility index (Phi) is 6.07. The molecule has 0 spiro atoms. The van der Waals surface area contributed by atoms with Crippen molar-refractivity contribution in [2.45, 2.75) is 58.9 Å². The number of piperazine rings is 1. The molecule has 0 unspecified atom stereocenters. The van der Waals surface area contributed by atoms with Crippen LogP contribution in [0, 0.1) is 0 Å². The molecule has 0 atom stereocenters. The van der Waals surface area contributed by atoms with Gasteiger partial charge in [0.15, 0.2) is 8.32 Å². The summed E-state index contributed by atoms with van der Waals surface area (Å²) >= 11 is 0. The zero-order valence-electron chi connectivity index (χ0n) is 15.0. The van der Waals surface area contributed by atoms with Gasteiger partial charge in [-0.3, -0.25) is 0 Å². The van der Waals surface area contributed by atoms with Crippen LogP contribution in [0.4, 0.5) is 0 Å². The van der Waals surface area contributed by atoms with Crippen LogP contribution in [0.2, 0.25) is 31.2 Å². The van der Waals surface area contributed by atoms with Crippen LogP contribution in [-0.2, 0) is 4.43 Å². The standard InChI is InChI=1S/C15H36N2OSi2/c1-9-18-19(5,6)14-16-10-12-17(13-11-16)20(7,8)15(2,3)4/h9-14H2,1-8H3. The van der Waals surface area contributed by atoms with E-state index < -0.39 is 16.6 Å². The van der Waals surface area contributed by atoms with Crippen molar-refractivity contribution in [2.24, 2.45) is 0 Å². The van der Waals surface area contributed by atoms with Crippen molar-refractivity contribution in [2.75, 3.05) is 39.0 Å². The van der Waals surface area contributed by atoms with Crippen LogP contribution in [-0.4, -0.2) is 65.0 Å². The van der Waals surface area contributed by atoms with Crippen molar-refractivity contribution in [3.8, 4) is 0 Å². The fraction of sp³-hybridized carbons (Fsp3) is 1.00. The van der Waals surface area contributed by atoms with Gasteiger partial charge in [-0.2, -0.15) is 0 Å². The summed E-state index contributed by atoms with van der Waals surface area (Å²) in [5.74, 6) is 0. The zero-order valence-corrected chi connectivity index (χ0v) is 17.0. The summed E-state index contributed by atoms with van der Waals surface area (Å²) in [6.45, 7) is 24.9. The van der Waals surface area contributed by atoms with Crippen LogP contribution >= 0.6 is 0 Å². The lowest BCUT2D eigenvalue weighted by Gasteiger charge is -2.49. The second-order valence-electron chi connectivity index (χ2n) is 8.26. The molecule has 120 valence electrons. The van der Waals surface area contributed by atoms with Gasteiger partial charge >= 0.3 is 0 Å². The first-order chi connectivity index (χ1) is 8.99. The molecule has 1 fully saturated rings. The van der Waals surface area contributed by atoms with E-state index in [0.717, 1.165) is 6.61 Å². The first-order valence-corrected chi connectivity index (χ1v) is 14.2. The third kappa shape index (κ3) is 4.66. The highest BCUT2D eigenvalue weighted by Crippen LogP contribution is 2.38. The third-order valence-corrected chi connectivity index (χ3v) is 13.1. The average molecular weight is 317 g/mol. The van der Waals surface area contributed by atoms with Gasteiger partial charge in [0.25, 0.3) is 0 Å². The Labute approximate surface area is 128 Å². The number of nitrogens with zero attached hydrogens (tertiary/aromatic N) is 2. The summed E-state index contributed by atoms with van der Waals surface area (Å²) in [5.41, 5.74) is 0. The lowest BCUT2D eigenvalue weighted by molar-refractivity contribution is 0.189. The molecular weight excluding hydrogens is 280 g/mol. The van der Waals surface area contributed by atoms with Crippen LogP contribution in [0.15, 0.2) is 0 Å². The van der Waals surface area contributed by atoms with Crippen molar-refractivity contribution in [3.63, 3.8) is 0 Å². The Hall–Kier alpha value is 0.314. The Morgan fingerprint density at radius 3 is 1.85 bits per heavy atom. The normalized spacial score (nSPS) is 20.4. The van der Waals surface area contributed by atoms with E-state index in [1.165, 1.54) is 32.3 Å². The van der Waals surface area contributed by atoms with E-state index in [-0.39, 0.29) is 0 Å². The fourth-order valence-corrected chi connectivity index (χ4v) is 7.45. The molecule has 0 radical (unpaired) electrons. The average Bonchev–Trinajstić information content (AvgIpc) is 2.27. The van der Waals surface area contributed by atoms with Crippen LogP contribution in [0.5, 0.6) is 0 Å². The molecule has 0 aromatic carbocycles. The largest absolute Gasteiger partial charge is 0.416 e. The van der Waals surface area contributed by atoms with Crippen LogP contribution in [0.3, 0.4) is 0 Å². The fourth-order valence-electron chi connectivity index (χ4n) is 2.91. The van der Waals surface area contributed by atoms with Gasteiger partial charge in [0, 0.05) is 39.0 Å². The van der Waals surface area contributed by atoms with Gasteiger partial charge in [-0.1, -0.05) is 33.9 Å². The van der Waals surface area contributed by atoms with E-state index in [4.69, 9.17) is 4.43 Å². The van der Waals surface area contributed by atoms with E-state index in [9.17, 15) is 0 Å². The molecular formula is C15H36N2OSi2. The van der Waals surface area contributed by atoms with Gasteiger partial charge in [0.05, 0.1) is 0 Å². The van der Waals surface area contributed by atoms with Gasteiger partial charge in [0.2, 0.25) is 0 Å². The third-order valence-electron chi connectivity index (χ3n) is 5.14. The van der Waals surface area contributed by atoms with Crippen LogP contribution in [0.1, 0.15) is 27.7 Å². The molecule has 0 aromatic rings. The molecule has 20 heavy (non-hydrogen) atoms. The van der Waals surface area contributed by atoms with Crippen molar-refractivity contribution in [3.05, 3.63) is 0 Å². The highest BCUT2D eigenvalue weighted by molar-refractivity contribution is 6.77. The Morgan fingerprint density at radius 2 is 1.45 bits per heavy atom. The van der Waals surface area contributed by atoms with Gasteiger partial charge in [0.1, 0.15) is 8.24 Å². The van der Waals surface area contributed by atoms with Gasteiger partial charge < -0.3 is 13.9 Å². The molecule has 0 aromatic heterocycles. The summed E-state index contributed by atoms with van der Waals surface area (Å²) in [5, 5.41) is 0.453. The predicted octanol–water partition coefficient (Wildman–Crippen LogP) is 3.39. The predicted molar refractivity (Wildman–Crippen MR) is 94.3 cm³/mol. The topological polar surface area (TPSA) is 15.7 Å². The molecule has 0 amide bonds. The molecule has 0 N–H and O–H groups in total. The Bertz CT molecular complexity index is 305. The summed E-state index contributed by atoms with van der Waals surface area (Å²) in [6.07, 6.45) is 1.19. The molecule has 1 aliphatic heterocycles. The summed E-state index contributed by atoms with van der Waals surface area (Å²) in [4.78, 5) is 2.63. The molecule has 0 saturated carbocycles. The van der Waals surface area contributed by atoms with Crippen LogP contribution in [0.25, 0.3) is 0 Å². The number of hydrogen-bond acceptors (Lipinski definition) is 3. The van der Waals surface area contributed by atoms with Gasteiger partial charge in [-0.05, 0) is 25.1 Å². The van der Waals surface area contributed by atoms with Gasteiger partial charge in [-0.25, -0.2) is 0 Å². The molecule has 0 bridgehead atoms. The SMILES string of the molecule is CCO[Si](C)(C)CN1CCN([Si](C)(C)C(C)(C)C)CC1. The van der Waals surface area contributed by atoms with Crippen LogP contribution < -0.4 is 0 Å². The maximum Gasteiger partial charge on any atom is 0.200 e. The minimum Gasteiger partial charge on any atom is -0.416 e. The van der Waals surface area contributed by atoms with Crippen molar-refractivity contribution in [1.29, 1.82) is 0 Å². The van der Waals surface area contributed by atoms with Gasteiger partial charge in [-0.15, -0.1) is 0 Å². The van der Waals surface area contributed by atoms with E-state index >= 15 is 0 Å². The molecule has 1 rings (SSSR count). The summed E-state index contributed by atoms with van der Waals surface area (Å²) in [7, 11) is -2.80. The maximum absolute atomic E-state index is 5.97. The van der Waals surface area contributed by atoms with E-state index in [1.807, 2.05) is 0 Å². The van der Waals surface area contributed by atoms with Crippen molar-refractivity contribution < 1.29 is 4.43 Å². The molecule has 0 aliphatic carbocycles. The van der Waals surface area contributed by atoms with E-state index in [0.29, 0.717) is 5.04 Å². The summed E-state index contributed by atoms with van der Waals surface area (Å²) in [6, 6.07) is 0. The molecule has 1 heterocycles. The number of hydrogen-bond donors (Lipinski definition) is 0. The highest BCUT2D eigenvalue weighted by atomic mass is 28.4. The first kappa shape index (κ1) is 18.4. The molecule has 1 aliphatic rings. The van der Waals surface area contributed by atoms with E-state index in [2.05, 4.69) is 63.3 Å². The molecule has 3 nitrogen and oxygen atoms in total. The smallest absolute Gasteiger partial charge is 0.200 e. The molecule has 5 heteroatoms. The lowest BCUT2D eigenvalue weighted by Crippen LogP contribution is -2.62.